The summed E-state index contributed by atoms with van der Waals surface area (Å²) in [5, 5.41) is 185. The number of carbonyl (C=O) groups is 5. The summed E-state index contributed by atoms with van der Waals surface area (Å²) >= 11 is 0. The Balaban J connectivity index is 0.000000231. The highest BCUT2D eigenvalue weighted by Crippen LogP contribution is 2.56. The fraction of sp³-hybridized carbons (Fsp3) is 0.667. The normalized spacial score (nSPS) is 32.5. The Labute approximate surface area is 805 Å². The number of methoxy groups -OCH3 is 1. The van der Waals surface area contributed by atoms with Gasteiger partial charge in [0.05, 0.1) is 102 Å². The van der Waals surface area contributed by atoms with Crippen molar-refractivity contribution >= 4 is 68.8 Å². The number of carboxylic acid groups (broad SMARTS) is 1. The van der Waals surface area contributed by atoms with E-state index in [1.807, 2.05) is 39.8 Å². The molecule has 3 aromatic carbocycles. The van der Waals surface area contributed by atoms with E-state index in [9.17, 15) is 105 Å². The lowest BCUT2D eigenvalue weighted by atomic mass is 9.78. The summed E-state index contributed by atoms with van der Waals surface area (Å²) in [5.74, 6) is -10.7. The quantitative estimate of drug-likeness (QED) is 0.0104. The number of aromatic carboxylic acids is 1. The monoisotopic (exact) mass is 1970 g/mol. The van der Waals surface area contributed by atoms with Crippen LogP contribution in [-0.2, 0) is 47.5 Å². The van der Waals surface area contributed by atoms with Crippen molar-refractivity contribution in [2.24, 2.45) is 51.7 Å². The van der Waals surface area contributed by atoms with Crippen LogP contribution < -0.4 is 64.0 Å². The number of aromatic nitrogens is 1. The van der Waals surface area contributed by atoms with Gasteiger partial charge in [-0.1, -0.05) is 59.8 Å². The summed E-state index contributed by atoms with van der Waals surface area (Å²) in [5.41, 5.74) is 22.5. The molecule has 4 saturated heterocycles. The van der Waals surface area contributed by atoms with Crippen molar-refractivity contribution in [3.8, 4) is 28.7 Å². The molecule has 9 heterocycles. The molecule has 13 rings (SSSR count). The van der Waals surface area contributed by atoms with Crippen LogP contribution in [0.3, 0.4) is 0 Å². The van der Waals surface area contributed by atoms with Crippen LogP contribution in [0.5, 0.6) is 28.7 Å². The molecule has 28 N–H and O–H groups in total. The molecule has 46 heteroatoms. The number of likely N-dealkylation sites (N-methyl/N-ethyl adjacent to an activating group) is 2. The number of ether oxygens (including phenoxy) is 9. The first-order valence-corrected chi connectivity index (χ1v) is 46.9. The lowest BCUT2D eigenvalue weighted by Gasteiger charge is -2.49. The highest BCUT2D eigenvalue weighted by atomic mass is 19.1. The van der Waals surface area contributed by atoms with Crippen LogP contribution in [0.1, 0.15) is 133 Å². The molecule has 1 aromatic heterocycles. The number of aromatic hydroxyl groups is 3. The second kappa shape index (κ2) is 50.7. The average molecular weight is 1970 g/mol. The van der Waals surface area contributed by atoms with Gasteiger partial charge >= 0.3 is 17.7 Å². The van der Waals surface area contributed by atoms with Gasteiger partial charge in [-0.3, -0.25) is 29.0 Å². The lowest BCUT2D eigenvalue weighted by molar-refractivity contribution is -0.332. The molecule has 0 radical (unpaired) electrons. The van der Waals surface area contributed by atoms with E-state index in [4.69, 9.17) is 75.8 Å². The van der Waals surface area contributed by atoms with Crippen molar-refractivity contribution in [2.75, 3.05) is 136 Å². The summed E-state index contributed by atoms with van der Waals surface area (Å²) in [6.07, 6.45) is -11.7. The highest BCUT2D eigenvalue weighted by Gasteiger charge is 2.55. The van der Waals surface area contributed by atoms with Gasteiger partial charge in [0.1, 0.15) is 108 Å². The number of hydrogen-bond donors (Lipinski definition) is 24. The minimum Gasteiger partial charge on any atom is -0.507 e. The SMILES string of the molecule is CC[C@@H](CO)NCCN[C@@H](CC)CO.CO[C@H]1/C=C/O[C@@]2(C)Oc3c(C)c(O)c4c(O)c(c(/C=N\N5CCN(C)CC5)c(O)c4c3C2=O)NC(=O)/C(C)=C\C=C\[C@@H](C)[C@@H](O)[C@@H](C)[C@H](O)[C@H](C)[C@H](OC(C)=O)[C@@H]1C.C[C@H]1COc2c(N3CCN(C)CC3)c(F)cc3c(=O)c(C(=O)O)cn1c23.NCC[C@@H](O)C(=O)NC1CC(N)C(OC2OC(CN)C(O)C(O)C2O)C(O)C1OC1OC(CO)C(O)C(N)C1O. The van der Waals surface area contributed by atoms with Gasteiger partial charge in [-0.25, -0.2) is 9.18 Å². The van der Waals surface area contributed by atoms with E-state index in [0.29, 0.717) is 43.1 Å². The molecule has 2 amide bonds. The van der Waals surface area contributed by atoms with Crippen LogP contribution in [0.4, 0.5) is 15.8 Å². The van der Waals surface area contributed by atoms with Crippen LogP contribution in [-0.4, -0.2) is 403 Å². The van der Waals surface area contributed by atoms with E-state index in [1.54, 1.807) is 49.4 Å². The van der Waals surface area contributed by atoms with Crippen LogP contribution in [0.25, 0.3) is 21.7 Å². The van der Waals surface area contributed by atoms with Crippen molar-refractivity contribution in [2.45, 2.75) is 248 Å². The van der Waals surface area contributed by atoms with E-state index in [2.05, 4.69) is 36.2 Å². The molecule has 45 nitrogen and oxygen atoms in total. The number of nitrogens with one attached hydrogen (secondary N) is 4. The molecule has 780 valence electrons. The molecular formula is C93H145FN14O31. The molecule has 5 fully saturated rings. The number of nitrogens with two attached hydrogens (primary N) is 4. The standard InChI is InChI=1S/C43H58N4O12.C22H43N5O13.C18H20FN3O4.C10H24N2O2/c1-21-12-11-13-22(2)42(55)45-33-28(20-44-47-17-15-46(9)16-18-47)37(52)30-31(38(33)53)36(51)26(6)40-32(30)41(54)43(8,59-40)57-19-14-29(56-10)23(3)39(58-27(7)48)25(5)35(50)24(4)34(21)49;23-2-1-8(29)20(36)27-7-3-6(25)18(39-22-16(34)15(33)13(31)9(4-24)37-22)17(35)19(7)40-21-14(32)11(26)12(30)10(5-28)38-21;1-10-9-26-17-14-11(16(23)12(18(24)25)8-22(10)14)7-13(19)15(17)21-5-3-20(2)4-6-21;1-3-9(7-13)11-5-6-12-10(4-2)8-14/h11-14,19-21,23-25,29,34-35,39,49-53H,15-18H2,1-10H3,(H,45,55);6-19,21-22,28-35H,1-5,23-26H2,(H,27,36);7-8,10H,3-6,9H2,1-2H3,(H,24,25);9-14H,3-8H2,1-2H3/b12-11+,19-14+,22-13-,44-20-;;;/t21-,23-,24-,25+,29+,34-,35+,39-,43+;6?,7?,8-,9?,10?,11?,12?,13?,14?,15?,16?,17?,18?,19?,21?,22?;10-;9-,10-/m1100/s1. The second-order valence-electron chi connectivity index (χ2n) is 36.9. The second-order valence-corrected chi connectivity index (χ2v) is 36.9. The number of allylic oxidation sites excluding steroid dienone is 2. The number of phenolic OH excluding ortho intramolecular Hbond substituents is 3. The van der Waals surface area contributed by atoms with E-state index in [0.717, 1.165) is 58.2 Å². The zero-order valence-corrected chi connectivity index (χ0v) is 81.0. The van der Waals surface area contributed by atoms with E-state index < -0.39 is 216 Å². The Morgan fingerprint density at radius 3 is 1.91 bits per heavy atom. The lowest BCUT2D eigenvalue weighted by Crippen LogP contribution is -2.69. The summed E-state index contributed by atoms with van der Waals surface area (Å²) in [7, 11) is 5.44. The predicted molar refractivity (Wildman–Crippen MR) is 505 cm³/mol. The first-order chi connectivity index (χ1) is 65.7. The van der Waals surface area contributed by atoms with E-state index >= 15 is 0 Å². The zero-order chi connectivity index (χ0) is 103. The van der Waals surface area contributed by atoms with Crippen LogP contribution >= 0.6 is 0 Å². The van der Waals surface area contributed by atoms with Gasteiger partial charge in [0.2, 0.25) is 11.3 Å². The van der Waals surface area contributed by atoms with Crippen molar-refractivity contribution in [3.63, 3.8) is 0 Å². The number of aliphatic hydroxyl groups is 12. The predicted octanol–water partition coefficient (Wildman–Crippen LogP) is -2.84. The van der Waals surface area contributed by atoms with Gasteiger partial charge in [0.15, 0.2) is 29.9 Å². The van der Waals surface area contributed by atoms with Crippen molar-refractivity contribution in [3.05, 3.63) is 86.7 Å². The molecular weight excluding hydrogens is 1830 g/mol. The first-order valence-electron chi connectivity index (χ1n) is 46.9. The maximum Gasteiger partial charge on any atom is 0.341 e. The van der Waals surface area contributed by atoms with Crippen molar-refractivity contribution in [1.82, 2.24) is 35.3 Å². The Morgan fingerprint density at radius 2 is 1.34 bits per heavy atom. The van der Waals surface area contributed by atoms with Gasteiger partial charge in [0.25, 0.3) is 11.7 Å². The number of rotatable bonds is 25. The van der Waals surface area contributed by atoms with Crippen LogP contribution in [0.2, 0.25) is 0 Å². The molecule has 0 spiro atoms. The molecule has 8 aliphatic heterocycles. The number of hydrogen-bond acceptors (Lipinski definition) is 41. The number of ketones is 1. The molecule has 28 atom stereocenters. The number of halogens is 1. The number of fused-ring (bicyclic) bond motifs is 14. The van der Waals surface area contributed by atoms with Crippen molar-refractivity contribution in [1.29, 1.82) is 0 Å². The maximum absolute atomic E-state index is 15.0. The number of carboxylic acids is 1. The fourth-order valence-electron chi connectivity index (χ4n) is 17.9. The molecule has 9 aliphatic rings. The van der Waals surface area contributed by atoms with Crippen LogP contribution in [0, 0.1) is 36.4 Å². The van der Waals surface area contributed by atoms with Gasteiger partial charge in [-0.15, -0.1) is 0 Å². The molecule has 4 aromatic rings. The number of aliphatic hydroxyl groups excluding tert-OH is 12. The number of hydrazone groups is 1. The third-order valence-corrected chi connectivity index (χ3v) is 27.0. The number of piperazine rings is 2. The fourth-order valence-corrected chi connectivity index (χ4v) is 17.9. The summed E-state index contributed by atoms with van der Waals surface area (Å²) in [4.78, 5) is 83.3. The number of carbonyl (C=O) groups excluding carboxylic acids is 4. The number of amides is 2. The van der Waals surface area contributed by atoms with Gasteiger partial charge < -0.3 is 188 Å². The van der Waals surface area contributed by atoms with Crippen LogP contribution in [0.15, 0.2) is 58.3 Å². The molecule has 5 bridgehead atoms. The largest absolute Gasteiger partial charge is 0.507 e. The number of nitrogens with zero attached hydrogens (tertiary/aromatic N) is 6. The number of phenols is 3. The van der Waals surface area contributed by atoms with Crippen molar-refractivity contribution < 1.29 is 153 Å². The number of benzene rings is 3. The van der Waals surface area contributed by atoms with Gasteiger partial charge in [-0.05, 0) is 79.2 Å². The Bertz CT molecular complexity index is 4980. The third kappa shape index (κ3) is 26.3. The van der Waals surface area contributed by atoms with Gasteiger partial charge in [0, 0.05) is 157 Å². The summed E-state index contributed by atoms with van der Waals surface area (Å²) in [6, 6.07) is -2.06. The summed E-state index contributed by atoms with van der Waals surface area (Å²) in [6.45, 7) is 25.4. The molecule has 15 unspecified atom stereocenters. The smallest absolute Gasteiger partial charge is 0.341 e. The minimum absolute atomic E-state index is 0.0101. The first kappa shape index (κ1) is 113. The molecule has 1 saturated carbocycles. The van der Waals surface area contributed by atoms with E-state index in [1.165, 1.54) is 65.6 Å². The average Bonchev–Trinajstić information content (AvgIpc) is 1.54. The van der Waals surface area contributed by atoms with E-state index in [-0.39, 0.29) is 119 Å². The maximum atomic E-state index is 15.0. The Hall–Kier alpha value is -9.10. The Morgan fingerprint density at radius 1 is 0.734 bits per heavy atom. The van der Waals surface area contributed by atoms with Gasteiger partial charge in [-0.2, -0.15) is 5.10 Å². The highest BCUT2D eigenvalue weighted by molar-refractivity contribution is 6.24. The zero-order valence-electron chi connectivity index (χ0n) is 81.0. The minimum atomic E-state index is -2.04. The number of pyridine rings is 1. The number of Topliss-reactive ketones (excluding diaryl/α,β-unsaturated/α-hetero) is 1. The molecule has 1 aliphatic carbocycles. The Kier molecular flexibility index (Phi) is 41.4. The topological polar surface area (TPSA) is 692 Å². The number of anilines is 2. The number of esters is 1. The third-order valence-electron chi connectivity index (χ3n) is 27.0. The summed E-state index contributed by atoms with van der Waals surface area (Å²) < 4.78 is 68.7. The molecule has 139 heavy (non-hydrogen) atoms.